The summed E-state index contributed by atoms with van der Waals surface area (Å²) in [6.07, 6.45) is -0.571. The smallest absolute Gasteiger partial charge is 0.472 e. The minimum absolute atomic E-state index is 0.00948. The van der Waals surface area contributed by atoms with Crippen molar-refractivity contribution in [1.82, 2.24) is 0 Å². The van der Waals surface area contributed by atoms with Crippen molar-refractivity contribution in [3.63, 3.8) is 0 Å². The highest BCUT2D eigenvalue weighted by Gasteiger charge is 2.61. The number of hydrogen-bond donors (Lipinski definition) is 5. The Bertz CT molecular complexity index is 1190. The van der Waals surface area contributed by atoms with Crippen molar-refractivity contribution in [3.05, 3.63) is 23.2 Å². The number of hydrogen-bond acceptors (Lipinski definition) is 11. The van der Waals surface area contributed by atoms with Gasteiger partial charge >= 0.3 is 13.8 Å². The van der Waals surface area contributed by atoms with Gasteiger partial charge in [0, 0.05) is 17.8 Å². The molecule has 1 aliphatic heterocycles. The van der Waals surface area contributed by atoms with Crippen LogP contribution in [0.3, 0.4) is 0 Å². The summed E-state index contributed by atoms with van der Waals surface area (Å²) in [7, 11) is -4.72. The molecule has 5 rings (SSSR count). The maximum Gasteiger partial charge on any atom is 0.472 e. The lowest BCUT2D eigenvalue weighted by Crippen LogP contribution is -2.53. The molecule has 5 N–H and O–H groups in total. The van der Waals surface area contributed by atoms with Crippen molar-refractivity contribution < 1.29 is 58.1 Å². The van der Waals surface area contributed by atoms with Gasteiger partial charge in [-0.1, -0.05) is 19.4 Å². The van der Waals surface area contributed by atoms with Crippen LogP contribution in [0.2, 0.25) is 0 Å². The Morgan fingerprint density at radius 1 is 1.08 bits per heavy atom. The van der Waals surface area contributed by atoms with E-state index in [-0.39, 0.29) is 41.2 Å². The summed E-state index contributed by atoms with van der Waals surface area (Å²) in [5, 5.41) is 39.3. The summed E-state index contributed by atoms with van der Waals surface area (Å²) < 4.78 is 27.4. The topological polar surface area (TPSA) is 197 Å². The Morgan fingerprint density at radius 3 is 2.41 bits per heavy atom. The van der Waals surface area contributed by atoms with Crippen LogP contribution in [0.4, 0.5) is 0 Å². The summed E-state index contributed by atoms with van der Waals surface area (Å²) in [5.41, 5.74) is 0.136. The van der Waals surface area contributed by atoms with E-state index >= 15 is 0 Å². The molecule has 0 bridgehead atoms. The molecule has 4 aliphatic carbocycles. The van der Waals surface area contributed by atoms with Gasteiger partial charge in [-0.25, -0.2) is 9.36 Å². The molecule has 0 amide bonds. The first-order valence-corrected chi connectivity index (χ1v) is 14.8. The number of ether oxygens (including phenoxy) is 1. The van der Waals surface area contributed by atoms with Crippen LogP contribution in [0, 0.1) is 28.6 Å². The van der Waals surface area contributed by atoms with Crippen LogP contribution in [-0.2, 0) is 32.7 Å². The standard InChI is InChI=1S/C26H35O12P/c1-25-7-5-13(38-39(34,35)36-11-17(28)20(30)23-21(31)22(32)24(33)37-23)9-12(25)10-16(27)19-14-3-4-18(29)26(14,2)8-6-15(19)25/h10,13-15,17,19-20,23,28,30-32H,3-9,11H2,1-2H3,(H,34,35)/t13-,14?,15?,17?,19?,20?,23?,25-,26-/m0/s1. The van der Waals surface area contributed by atoms with Crippen LogP contribution in [-0.4, -0.2) is 73.9 Å². The van der Waals surface area contributed by atoms with Crippen molar-refractivity contribution >= 4 is 25.4 Å². The van der Waals surface area contributed by atoms with Crippen LogP contribution in [0.1, 0.15) is 58.8 Å². The number of cyclic esters (lactones) is 1. The van der Waals surface area contributed by atoms with Gasteiger partial charge in [-0.05, 0) is 61.9 Å². The van der Waals surface area contributed by atoms with Crippen LogP contribution in [0.15, 0.2) is 23.2 Å². The van der Waals surface area contributed by atoms with E-state index in [0.29, 0.717) is 19.3 Å². The normalized spacial score (nSPS) is 41.2. The first-order chi connectivity index (χ1) is 18.2. The molecule has 10 atom stereocenters. The van der Waals surface area contributed by atoms with E-state index in [1.165, 1.54) is 0 Å². The summed E-state index contributed by atoms with van der Waals surface area (Å²) in [5.74, 6) is -3.16. The molecule has 0 aromatic carbocycles. The molecular formula is C26H35O12P. The molecule has 3 fully saturated rings. The van der Waals surface area contributed by atoms with E-state index in [4.69, 9.17) is 9.05 Å². The van der Waals surface area contributed by atoms with Crippen molar-refractivity contribution in [2.45, 2.75) is 83.2 Å². The number of aliphatic hydroxyl groups excluding tert-OH is 4. The fourth-order valence-corrected chi connectivity index (χ4v) is 8.58. The molecule has 12 nitrogen and oxygen atoms in total. The van der Waals surface area contributed by atoms with Gasteiger partial charge < -0.3 is 30.1 Å². The SMILES string of the molecule is C[C@]12CC[C@H](OP(=O)(O)OCC(O)C(O)C3OC(=O)C(O)=C3O)CC1=CC(=O)C1C2CC[C@]2(C)C(=O)CCC12. The molecule has 39 heavy (non-hydrogen) atoms. The molecule has 0 radical (unpaired) electrons. The van der Waals surface area contributed by atoms with Gasteiger partial charge in [0.15, 0.2) is 17.6 Å². The Morgan fingerprint density at radius 2 is 1.74 bits per heavy atom. The summed E-state index contributed by atoms with van der Waals surface area (Å²) in [4.78, 5) is 47.5. The zero-order chi connectivity index (χ0) is 28.5. The Balaban J connectivity index is 1.21. The predicted octanol–water partition coefficient (Wildman–Crippen LogP) is 2.17. The molecule has 13 heteroatoms. The van der Waals surface area contributed by atoms with E-state index in [2.05, 4.69) is 11.7 Å². The molecule has 0 spiro atoms. The molecule has 216 valence electrons. The van der Waals surface area contributed by atoms with Crippen LogP contribution >= 0.6 is 7.82 Å². The average molecular weight is 571 g/mol. The Hall–Kier alpha value is -2.08. The van der Waals surface area contributed by atoms with Gasteiger partial charge in [-0.2, -0.15) is 0 Å². The third-order valence-corrected chi connectivity index (χ3v) is 11.0. The van der Waals surface area contributed by atoms with E-state index in [9.17, 15) is 44.3 Å². The van der Waals surface area contributed by atoms with Gasteiger partial charge in [0.25, 0.3) is 0 Å². The molecule has 0 aromatic rings. The van der Waals surface area contributed by atoms with E-state index in [1.54, 1.807) is 6.08 Å². The molecule has 3 saturated carbocycles. The fourth-order valence-electron chi connectivity index (χ4n) is 7.62. The predicted molar refractivity (Wildman–Crippen MR) is 132 cm³/mol. The van der Waals surface area contributed by atoms with Gasteiger partial charge in [0.2, 0.25) is 5.76 Å². The van der Waals surface area contributed by atoms with Crippen molar-refractivity contribution in [2.75, 3.05) is 6.61 Å². The molecule has 0 aromatic heterocycles. The zero-order valence-corrected chi connectivity index (χ0v) is 22.7. The highest BCUT2D eigenvalue weighted by molar-refractivity contribution is 7.47. The molecule has 1 heterocycles. The number of allylic oxidation sites excluding steroid dienone is 1. The Kier molecular flexibility index (Phi) is 7.13. The second-order valence-electron chi connectivity index (χ2n) is 12.0. The number of carbonyl (C=O) groups excluding carboxylic acids is 3. The number of aliphatic hydroxyl groups is 4. The lowest BCUT2D eigenvalue weighted by atomic mass is 9.48. The second-order valence-corrected chi connectivity index (χ2v) is 13.4. The third kappa shape index (κ3) is 4.69. The fraction of sp³-hybridized carbons (Fsp3) is 0.731. The number of phosphoric ester groups is 1. The number of rotatable bonds is 7. The van der Waals surface area contributed by atoms with Crippen LogP contribution < -0.4 is 0 Å². The monoisotopic (exact) mass is 570 g/mol. The molecular weight excluding hydrogens is 535 g/mol. The number of carbonyl (C=O) groups is 3. The van der Waals surface area contributed by atoms with E-state index in [0.717, 1.165) is 24.8 Å². The van der Waals surface area contributed by atoms with Crippen molar-refractivity contribution in [1.29, 1.82) is 0 Å². The van der Waals surface area contributed by atoms with Gasteiger partial charge in [-0.3, -0.25) is 18.6 Å². The van der Waals surface area contributed by atoms with Crippen LogP contribution in [0.5, 0.6) is 0 Å². The third-order valence-electron chi connectivity index (χ3n) is 9.94. The second kappa shape index (κ2) is 9.78. The molecule has 7 unspecified atom stereocenters. The average Bonchev–Trinajstić information content (AvgIpc) is 3.32. The number of phosphoric acid groups is 1. The Labute approximate surface area is 225 Å². The van der Waals surface area contributed by atoms with Crippen molar-refractivity contribution in [3.8, 4) is 0 Å². The number of fused-ring (bicyclic) bond motifs is 5. The van der Waals surface area contributed by atoms with Crippen LogP contribution in [0.25, 0.3) is 0 Å². The number of esters is 1. The van der Waals surface area contributed by atoms with Gasteiger partial charge in [0.1, 0.15) is 18.0 Å². The highest BCUT2D eigenvalue weighted by Crippen LogP contribution is 2.64. The summed E-state index contributed by atoms with van der Waals surface area (Å²) in [6.45, 7) is 3.23. The van der Waals surface area contributed by atoms with E-state index < -0.39 is 61.7 Å². The zero-order valence-electron chi connectivity index (χ0n) is 21.8. The van der Waals surface area contributed by atoms with E-state index in [1.807, 2.05) is 6.92 Å². The largest absolute Gasteiger partial charge is 0.505 e. The van der Waals surface area contributed by atoms with Gasteiger partial charge in [0.05, 0.1) is 12.7 Å². The highest BCUT2D eigenvalue weighted by atomic mass is 31.2. The summed E-state index contributed by atoms with van der Waals surface area (Å²) in [6, 6.07) is 0. The van der Waals surface area contributed by atoms with Gasteiger partial charge in [-0.15, -0.1) is 0 Å². The minimum Gasteiger partial charge on any atom is -0.505 e. The summed E-state index contributed by atoms with van der Waals surface area (Å²) >= 11 is 0. The first-order valence-electron chi connectivity index (χ1n) is 13.3. The number of ketones is 2. The lowest BCUT2D eigenvalue weighted by Gasteiger charge is -2.56. The van der Waals surface area contributed by atoms with Crippen molar-refractivity contribution in [2.24, 2.45) is 28.6 Å². The number of Topliss-reactive ketones (excluding diaryl/α,β-unsaturated/α-hetero) is 1. The quantitative estimate of drug-likeness (QED) is 0.221. The lowest BCUT2D eigenvalue weighted by molar-refractivity contribution is -0.151. The maximum absolute atomic E-state index is 13.3. The maximum atomic E-state index is 13.3. The minimum atomic E-state index is -4.72. The first kappa shape index (κ1) is 28.4. The molecule has 5 aliphatic rings. The molecule has 0 saturated heterocycles.